The van der Waals surface area contributed by atoms with E-state index in [0.717, 1.165) is 22.3 Å². The quantitative estimate of drug-likeness (QED) is 0.861. The van der Waals surface area contributed by atoms with Gasteiger partial charge >= 0.3 is 5.97 Å². The maximum absolute atomic E-state index is 11.8. The Morgan fingerprint density at radius 1 is 1.04 bits per heavy atom. The van der Waals surface area contributed by atoms with E-state index >= 15 is 0 Å². The van der Waals surface area contributed by atoms with E-state index in [1.807, 2.05) is 32.0 Å². The molecule has 0 saturated heterocycles. The van der Waals surface area contributed by atoms with Gasteiger partial charge in [0.1, 0.15) is 0 Å². The molecule has 2 aromatic carbocycles. The number of carboxylic acid groups (broad SMARTS) is 1. The standard InChI is InChI=1S/C21H26O2/c1-14-6-11-18(15(2)12-14)19(20(22)23)13-16-7-9-17(10-8-16)21(3,4)5/h6-12,19H,13H2,1-5H3,(H,22,23). The first kappa shape index (κ1) is 17.3. The molecular formula is C21H26O2. The van der Waals surface area contributed by atoms with E-state index in [1.54, 1.807) is 0 Å². The van der Waals surface area contributed by atoms with E-state index in [9.17, 15) is 9.90 Å². The fourth-order valence-electron chi connectivity index (χ4n) is 2.92. The normalized spacial score (nSPS) is 12.9. The predicted molar refractivity (Wildman–Crippen MR) is 95.1 cm³/mol. The van der Waals surface area contributed by atoms with Crippen molar-refractivity contribution in [2.24, 2.45) is 0 Å². The summed E-state index contributed by atoms with van der Waals surface area (Å²) in [5, 5.41) is 9.67. The molecule has 1 N–H and O–H groups in total. The van der Waals surface area contributed by atoms with Crippen LogP contribution in [0.2, 0.25) is 0 Å². The summed E-state index contributed by atoms with van der Waals surface area (Å²) in [5.74, 6) is -1.27. The van der Waals surface area contributed by atoms with Gasteiger partial charge in [0.05, 0.1) is 5.92 Å². The molecule has 0 heterocycles. The minimum Gasteiger partial charge on any atom is -0.481 e. The van der Waals surface area contributed by atoms with Crippen molar-refractivity contribution in [3.8, 4) is 0 Å². The maximum atomic E-state index is 11.8. The van der Waals surface area contributed by atoms with Crippen LogP contribution in [0.15, 0.2) is 42.5 Å². The molecule has 0 aromatic heterocycles. The van der Waals surface area contributed by atoms with Crippen LogP contribution in [0.4, 0.5) is 0 Å². The molecule has 2 nitrogen and oxygen atoms in total. The predicted octanol–water partition coefficient (Wildman–Crippen LogP) is 5.01. The lowest BCUT2D eigenvalue weighted by molar-refractivity contribution is -0.138. The summed E-state index contributed by atoms with van der Waals surface area (Å²) in [4.78, 5) is 11.8. The average molecular weight is 310 g/mol. The van der Waals surface area contributed by atoms with Crippen LogP contribution in [0.5, 0.6) is 0 Å². The first-order valence-electron chi connectivity index (χ1n) is 8.08. The Morgan fingerprint density at radius 2 is 1.65 bits per heavy atom. The zero-order valence-electron chi connectivity index (χ0n) is 14.7. The van der Waals surface area contributed by atoms with Gasteiger partial charge in [-0.2, -0.15) is 0 Å². The van der Waals surface area contributed by atoms with Gasteiger partial charge in [-0.3, -0.25) is 4.79 Å². The molecule has 23 heavy (non-hydrogen) atoms. The third kappa shape index (κ3) is 4.22. The summed E-state index contributed by atoms with van der Waals surface area (Å²) >= 11 is 0. The highest BCUT2D eigenvalue weighted by Crippen LogP contribution is 2.27. The molecule has 0 aliphatic carbocycles. The molecule has 2 aromatic rings. The Balaban J connectivity index is 2.28. The summed E-state index contributed by atoms with van der Waals surface area (Å²) in [6.45, 7) is 10.5. The van der Waals surface area contributed by atoms with E-state index in [4.69, 9.17) is 0 Å². The van der Waals surface area contributed by atoms with Crippen LogP contribution >= 0.6 is 0 Å². The molecule has 0 fully saturated rings. The van der Waals surface area contributed by atoms with Crippen LogP contribution in [-0.4, -0.2) is 11.1 Å². The second kappa shape index (κ2) is 6.57. The first-order valence-corrected chi connectivity index (χ1v) is 8.08. The lowest BCUT2D eigenvalue weighted by Crippen LogP contribution is -2.16. The fraction of sp³-hybridized carbons (Fsp3) is 0.381. The van der Waals surface area contributed by atoms with Gasteiger partial charge in [0, 0.05) is 0 Å². The molecule has 0 radical (unpaired) electrons. The van der Waals surface area contributed by atoms with Crippen LogP contribution in [0.25, 0.3) is 0 Å². The van der Waals surface area contributed by atoms with Crippen molar-refractivity contribution in [1.82, 2.24) is 0 Å². The van der Waals surface area contributed by atoms with Crippen LogP contribution in [0.3, 0.4) is 0 Å². The Bertz CT molecular complexity index is 691. The SMILES string of the molecule is Cc1ccc(C(Cc2ccc(C(C)(C)C)cc2)C(=O)O)c(C)c1. The van der Waals surface area contributed by atoms with Gasteiger partial charge in [0.2, 0.25) is 0 Å². The van der Waals surface area contributed by atoms with Crippen molar-refractivity contribution in [3.63, 3.8) is 0 Å². The number of carbonyl (C=O) groups is 1. The maximum Gasteiger partial charge on any atom is 0.311 e. The van der Waals surface area contributed by atoms with Crippen molar-refractivity contribution in [2.75, 3.05) is 0 Å². The number of aliphatic carboxylic acids is 1. The average Bonchev–Trinajstić information content (AvgIpc) is 2.45. The van der Waals surface area contributed by atoms with Crippen LogP contribution in [0.1, 0.15) is 54.5 Å². The third-order valence-electron chi connectivity index (χ3n) is 4.36. The van der Waals surface area contributed by atoms with Gasteiger partial charge in [-0.15, -0.1) is 0 Å². The Morgan fingerprint density at radius 3 is 2.13 bits per heavy atom. The van der Waals surface area contributed by atoms with Gasteiger partial charge in [-0.1, -0.05) is 68.8 Å². The lowest BCUT2D eigenvalue weighted by Gasteiger charge is -2.20. The monoisotopic (exact) mass is 310 g/mol. The van der Waals surface area contributed by atoms with Crippen LogP contribution in [-0.2, 0) is 16.6 Å². The van der Waals surface area contributed by atoms with E-state index in [1.165, 1.54) is 5.56 Å². The van der Waals surface area contributed by atoms with Crippen molar-refractivity contribution < 1.29 is 9.90 Å². The second-order valence-electron chi connectivity index (χ2n) is 7.40. The topological polar surface area (TPSA) is 37.3 Å². The second-order valence-corrected chi connectivity index (χ2v) is 7.40. The van der Waals surface area contributed by atoms with Crippen molar-refractivity contribution in [1.29, 1.82) is 0 Å². The number of aryl methyl sites for hydroxylation is 2. The summed E-state index contributed by atoms with van der Waals surface area (Å²) in [5.41, 5.74) is 5.54. The Kier molecular flexibility index (Phi) is 4.93. The number of rotatable bonds is 4. The van der Waals surface area contributed by atoms with Crippen molar-refractivity contribution in [2.45, 2.75) is 52.4 Å². The summed E-state index contributed by atoms with van der Waals surface area (Å²) in [7, 11) is 0. The molecule has 2 heteroatoms. The Labute approximate surface area is 139 Å². The van der Waals surface area contributed by atoms with Crippen molar-refractivity contribution >= 4 is 5.97 Å². The summed E-state index contributed by atoms with van der Waals surface area (Å²) < 4.78 is 0. The highest BCUT2D eigenvalue weighted by atomic mass is 16.4. The molecule has 0 bridgehead atoms. The minimum absolute atomic E-state index is 0.109. The number of carboxylic acids is 1. The molecule has 122 valence electrons. The molecule has 0 saturated carbocycles. The van der Waals surface area contributed by atoms with Crippen molar-refractivity contribution in [3.05, 3.63) is 70.3 Å². The van der Waals surface area contributed by atoms with E-state index < -0.39 is 11.9 Å². The first-order chi connectivity index (χ1) is 10.7. The largest absolute Gasteiger partial charge is 0.481 e. The smallest absolute Gasteiger partial charge is 0.311 e. The molecule has 0 spiro atoms. The highest BCUT2D eigenvalue weighted by Gasteiger charge is 2.22. The van der Waals surface area contributed by atoms with Gasteiger partial charge < -0.3 is 5.11 Å². The molecule has 0 amide bonds. The van der Waals surface area contributed by atoms with Crippen LogP contribution in [0, 0.1) is 13.8 Å². The molecular weight excluding hydrogens is 284 g/mol. The number of hydrogen-bond donors (Lipinski definition) is 1. The van der Waals surface area contributed by atoms with E-state index in [2.05, 4.69) is 45.0 Å². The van der Waals surface area contributed by atoms with Gasteiger partial charge in [-0.25, -0.2) is 0 Å². The highest BCUT2D eigenvalue weighted by molar-refractivity contribution is 5.77. The Hall–Kier alpha value is -2.09. The van der Waals surface area contributed by atoms with Gasteiger partial charge in [-0.05, 0) is 47.9 Å². The molecule has 1 atom stereocenters. The summed E-state index contributed by atoms with van der Waals surface area (Å²) in [6, 6.07) is 14.3. The van der Waals surface area contributed by atoms with Crippen LogP contribution < -0.4 is 0 Å². The molecule has 2 rings (SSSR count). The third-order valence-corrected chi connectivity index (χ3v) is 4.36. The zero-order valence-corrected chi connectivity index (χ0v) is 14.7. The zero-order chi connectivity index (χ0) is 17.2. The summed E-state index contributed by atoms with van der Waals surface area (Å²) in [6.07, 6.45) is 0.518. The van der Waals surface area contributed by atoms with Gasteiger partial charge in [0.25, 0.3) is 0 Å². The molecule has 1 unspecified atom stereocenters. The number of benzene rings is 2. The fourth-order valence-corrected chi connectivity index (χ4v) is 2.92. The molecule has 0 aliphatic heterocycles. The molecule has 0 aliphatic rings. The lowest BCUT2D eigenvalue weighted by atomic mass is 9.85. The number of hydrogen-bond acceptors (Lipinski definition) is 1. The van der Waals surface area contributed by atoms with E-state index in [-0.39, 0.29) is 5.41 Å². The van der Waals surface area contributed by atoms with E-state index in [0.29, 0.717) is 6.42 Å². The minimum atomic E-state index is -0.767. The van der Waals surface area contributed by atoms with Gasteiger partial charge in [0.15, 0.2) is 0 Å².